The van der Waals surface area contributed by atoms with Crippen molar-refractivity contribution >= 4 is 0 Å². The van der Waals surface area contributed by atoms with Crippen LogP contribution in [-0.4, -0.2) is 24.0 Å². The quantitative estimate of drug-likeness (QED) is 0.710. The van der Waals surface area contributed by atoms with Crippen LogP contribution in [0.4, 0.5) is 0 Å². The van der Waals surface area contributed by atoms with Crippen LogP contribution in [0.3, 0.4) is 0 Å². The van der Waals surface area contributed by atoms with E-state index in [0.29, 0.717) is 17.9 Å². The summed E-state index contributed by atoms with van der Waals surface area (Å²) in [6.45, 7) is 13.1. The lowest BCUT2D eigenvalue weighted by molar-refractivity contribution is -0.0000161. The van der Waals surface area contributed by atoms with Crippen molar-refractivity contribution in [2.45, 2.75) is 47.1 Å². The van der Waals surface area contributed by atoms with Crippen molar-refractivity contribution < 1.29 is 0 Å². The Morgan fingerprint density at radius 1 is 1.20 bits per heavy atom. The lowest BCUT2D eigenvalue weighted by Gasteiger charge is -2.49. The van der Waals surface area contributed by atoms with Gasteiger partial charge in [0.2, 0.25) is 0 Å². The molecule has 0 radical (unpaired) electrons. The van der Waals surface area contributed by atoms with E-state index in [-0.39, 0.29) is 5.41 Å². The molecule has 0 N–H and O–H groups in total. The monoisotopic (exact) mass is 208 g/mol. The number of rotatable bonds is 4. The van der Waals surface area contributed by atoms with E-state index in [4.69, 9.17) is 0 Å². The lowest BCUT2D eigenvalue weighted by atomic mass is 9.72. The second-order valence-electron chi connectivity index (χ2n) is 5.82. The van der Waals surface area contributed by atoms with Crippen LogP contribution in [0.2, 0.25) is 0 Å². The van der Waals surface area contributed by atoms with Gasteiger partial charge in [-0.05, 0) is 32.1 Å². The summed E-state index contributed by atoms with van der Waals surface area (Å²) in [6, 6.07) is 3.13. The number of hydrogen-bond acceptors (Lipinski definition) is 2. The smallest absolute Gasteiger partial charge is 0.0829 e. The van der Waals surface area contributed by atoms with Crippen molar-refractivity contribution in [3.05, 3.63) is 0 Å². The van der Waals surface area contributed by atoms with Gasteiger partial charge < -0.3 is 0 Å². The SMILES string of the molecule is CC(C)C(C)CC1(C#N)CN(C(C)C)C1. The van der Waals surface area contributed by atoms with Gasteiger partial charge in [0.1, 0.15) is 0 Å². The minimum Gasteiger partial charge on any atom is -0.298 e. The summed E-state index contributed by atoms with van der Waals surface area (Å²) in [4.78, 5) is 2.39. The minimum absolute atomic E-state index is 0.0477. The highest BCUT2D eigenvalue weighted by Crippen LogP contribution is 2.38. The summed E-state index contributed by atoms with van der Waals surface area (Å²) in [7, 11) is 0. The van der Waals surface area contributed by atoms with Crippen molar-refractivity contribution in [2.24, 2.45) is 17.3 Å². The van der Waals surface area contributed by atoms with Crippen LogP contribution in [0.15, 0.2) is 0 Å². The molecule has 1 atom stereocenters. The highest BCUT2D eigenvalue weighted by atomic mass is 15.2. The van der Waals surface area contributed by atoms with Gasteiger partial charge in [-0.25, -0.2) is 0 Å². The van der Waals surface area contributed by atoms with Crippen molar-refractivity contribution in [3.63, 3.8) is 0 Å². The second-order valence-corrected chi connectivity index (χ2v) is 5.82. The Labute approximate surface area is 94.3 Å². The molecule has 1 fully saturated rings. The number of hydrogen-bond donors (Lipinski definition) is 0. The third kappa shape index (κ3) is 2.72. The summed E-state index contributed by atoms with van der Waals surface area (Å²) in [6.07, 6.45) is 1.06. The molecule has 0 bridgehead atoms. The van der Waals surface area contributed by atoms with Crippen LogP contribution in [0.25, 0.3) is 0 Å². The topological polar surface area (TPSA) is 27.0 Å². The minimum atomic E-state index is -0.0477. The Hall–Kier alpha value is -0.550. The average Bonchev–Trinajstić information content (AvgIpc) is 2.09. The van der Waals surface area contributed by atoms with E-state index in [2.05, 4.69) is 45.6 Å². The fourth-order valence-corrected chi connectivity index (χ4v) is 2.19. The Kier molecular flexibility index (Phi) is 3.78. The zero-order valence-electron chi connectivity index (χ0n) is 10.7. The summed E-state index contributed by atoms with van der Waals surface area (Å²) in [5.41, 5.74) is -0.0477. The molecule has 1 aliphatic rings. The van der Waals surface area contributed by atoms with E-state index in [0.717, 1.165) is 19.5 Å². The molecular weight excluding hydrogens is 184 g/mol. The highest BCUT2D eigenvalue weighted by molar-refractivity contribution is 5.10. The van der Waals surface area contributed by atoms with Gasteiger partial charge in [-0.3, -0.25) is 4.90 Å². The molecule has 0 aliphatic carbocycles. The average molecular weight is 208 g/mol. The molecule has 1 saturated heterocycles. The molecule has 1 unspecified atom stereocenters. The summed E-state index contributed by atoms with van der Waals surface area (Å²) >= 11 is 0. The third-order valence-corrected chi connectivity index (χ3v) is 3.83. The van der Waals surface area contributed by atoms with Gasteiger partial charge in [-0.1, -0.05) is 20.8 Å². The van der Waals surface area contributed by atoms with Gasteiger partial charge >= 0.3 is 0 Å². The van der Waals surface area contributed by atoms with E-state index in [1.807, 2.05) is 0 Å². The van der Waals surface area contributed by atoms with Crippen molar-refractivity contribution in [1.82, 2.24) is 4.90 Å². The van der Waals surface area contributed by atoms with E-state index in [1.54, 1.807) is 0 Å². The molecule has 2 heteroatoms. The largest absolute Gasteiger partial charge is 0.298 e. The maximum Gasteiger partial charge on any atom is 0.0829 e. The molecular formula is C13H24N2. The van der Waals surface area contributed by atoms with E-state index < -0.39 is 0 Å². The third-order valence-electron chi connectivity index (χ3n) is 3.83. The van der Waals surface area contributed by atoms with Crippen molar-refractivity contribution in [1.29, 1.82) is 5.26 Å². The molecule has 1 heterocycles. The van der Waals surface area contributed by atoms with Gasteiger partial charge in [0.25, 0.3) is 0 Å². The summed E-state index contributed by atoms with van der Waals surface area (Å²) < 4.78 is 0. The van der Waals surface area contributed by atoms with Gasteiger partial charge in [-0.2, -0.15) is 5.26 Å². The van der Waals surface area contributed by atoms with Crippen molar-refractivity contribution in [3.8, 4) is 6.07 Å². The first-order valence-corrected chi connectivity index (χ1v) is 6.05. The molecule has 0 amide bonds. The van der Waals surface area contributed by atoms with Crippen LogP contribution >= 0.6 is 0 Å². The van der Waals surface area contributed by atoms with E-state index >= 15 is 0 Å². The Morgan fingerprint density at radius 3 is 2.07 bits per heavy atom. The molecule has 1 aliphatic heterocycles. The highest BCUT2D eigenvalue weighted by Gasteiger charge is 2.45. The number of nitriles is 1. The molecule has 1 rings (SSSR count). The van der Waals surface area contributed by atoms with Crippen molar-refractivity contribution in [2.75, 3.05) is 13.1 Å². The first-order chi connectivity index (χ1) is 6.90. The first kappa shape index (κ1) is 12.5. The molecule has 0 aromatic heterocycles. The van der Waals surface area contributed by atoms with Crippen LogP contribution in [0, 0.1) is 28.6 Å². The normalized spacial score (nSPS) is 22.5. The molecule has 0 aromatic carbocycles. The first-order valence-electron chi connectivity index (χ1n) is 6.05. The predicted octanol–water partition coefficient (Wildman–Crippen LogP) is 2.90. The predicted molar refractivity (Wildman–Crippen MR) is 63.4 cm³/mol. The molecule has 0 aromatic rings. The molecule has 15 heavy (non-hydrogen) atoms. The van der Waals surface area contributed by atoms with Crippen LogP contribution in [0.1, 0.15) is 41.0 Å². The zero-order chi connectivity index (χ0) is 11.6. The molecule has 0 spiro atoms. The van der Waals surface area contributed by atoms with E-state index in [1.165, 1.54) is 0 Å². The molecule has 0 saturated carbocycles. The zero-order valence-corrected chi connectivity index (χ0v) is 10.7. The maximum atomic E-state index is 9.29. The van der Waals surface area contributed by atoms with E-state index in [9.17, 15) is 5.26 Å². The molecule has 86 valence electrons. The summed E-state index contributed by atoms with van der Waals surface area (Å²) in [5, 5.41) is 9.29. The van der Waals surface area contributed by atoms with Gasteiger partial charge in [0.05, 0.1) is 11.5 Å². The van der Waals surface area contributed by atoms with Crippen LogP contribution < -0.4 is 0 Å². The Bertz CT molecular complexity index is 244. The lowest BCUT2D eigenvalue weighted by Crippen LogP contribution is -2.58. The fourth-order valence-electron chi connectivity index (χ4n) is 2.19. The number of nitrogens with zero attached hydrogens (tertiary/aromatic N) is 2. The van der Waals surface area contributed by atoms with Crippen LogP contribution in [0.5, 0.6) is 0 Å². The van der Waals surface area contributed by atoms with Gasteiger partial charge in [-0.15, -0.1) is 0 Å². The van der Waals surface area contributed by atoms with Crippen LogP contribution in [-0.2, 0) is 0 Å². The molecule has 2 nitrogen and oxygen atoms in total. The van der Waals surface area contributed by atoms with Gasteiger partial charge in [0.15, 0.2) is 0 Å². The van der Waals surface area contributed by atoms with Gasteiger partial charge in [0, 0.05) is 19.1 Å². The fraction of sp³-hybridized carbons (Fsp3) is 0.923. The standard InChI is InChI=1S/C13H24N2/c1-10(2)12(5)6-13(7-14)8-15(9-13)11(3)4/h10-12H,6,8-9H2,1-5H3. The summed E-state index contributed by atoms with van der Waals surface area (Å²) in [5.74, 6) is 1.34. The number of likely N-dealkylation sites (tertiary alicyclic amines) is 1. The maximum absolute atomic E-state index is 9.29. The Morgan fingerprint density at radius 2 is 1.73 bits per heavy atom. The second kappa shape index (κ2) is 4.53. The Balaban J connectivity index is 2.50.